The quantitative estimate of drug-likeness (QED) is 0.248. The molecule has 2 heterocycles. The zero-order chi connectivity index (χ0) is 20.2. The molecule has 1 aromatic heterocycles. The maximum Gasteiger partial charge on any atom is 0.248 e. The van der Waals surface area contributed by atoms with Crippen molar-refractivity contribution in [2.45, 2.75) is 52.0 Å². The molecule has 1 aromatic rings. The zero-order valence-electron chi connectivity index (χ0n) is 16.2. The van der Waals surface area contributed by atoms with Gasteiger partial charge in [0.1, 0.15) is 18.0 Å². The summed E-state index contributed by atoms with van der Waals surface area (Å²) in [6, 6.07) is -1.24. The molecule has 1 amide bonds. The summed E-state index contributed by atoms with van der Waals surface area (Å²) in [5, 5.41) is 18.1. The first-order valence-corrected chi connectivity index (χ1v) is 9.89. The van der Waals surface area contributed by atoms with Crippen LogP contribution < -0.4 is 0 Å². The number of amides is 1. The van der Waals surface area contributed by atoms with Gasteiger partial charge in [0.25, 0.3) is 0 Å². The first-order chi connectivity index (χ1) is 12.6. The number of likely N-dealkylation sites (tertiary alicyclic amines) is 1. The normalized spacial score (nSPS) is 21.7. The van der Waals surface area contributed by atoms with E-state index >= 15 is 0 Å². The Hall–Kier alpha value is -1.11. The highest BCUT2D eigenvalue weighted by Gasteiger charge is 2.42. The van der Waals surface area contributed by atoms with E-state index in [2.05, 4.69) is 33.2 Å². The Bertz CT molecular complexity index is 646. The Morgan fingerprint density at radius 3 is 2.85 bits per heavy atom. The molecule has 1 N–H and O–H groups in total. The van der Waals surface area contributed by atoms with Crippen molar-refractivity contribution in [3.8, 4) is 0 Å². The van der Waals surface area contributed by atoms with Gasteiger partial charge >= 0.3 is 0 Å². The highest BCUT2D eigenvalue weighted by Crippen LogP contribution is 2.33. The van der Waals surface area contributed by atoms with Crippen molar-refractivity contribution in [3.05, 3.63) is 11.9 Å². The van der Waals surface area contributed by atoms with E-state index < -0.39 is 23.6 Å². The minimum absolute atomic E-state index is 0.156. The number of aromatic nitrogens is 3. The van der Waals surface area contributed by atoms with Crippen molar-refractivity contribution < 1.29 is 19.4 Å². The fourth-order valence-electron chi connectivity index (χ4n) is 3.14. The van der Waals surface area contributed by atoms with Crippen molar-refractivity contribution in [2.75, 3.05) is 26.7 Å². The number of carbonyl (C=O) groups excluding carboxylic acids is 2. The van der Waals surface area contributed by atoms with Crippen molar-refractivity contribution in [3.63, 3.8) is 0 Å². The molecule has 1 aliphatic rings. The molecule has 0 radical (unpaired) electrons. The van der Waals surface area contributed by atoms with Crippen LogP contribution in [0.5, 0.6) is 0 Å². The zero-order valence-corrected chi connectivity index (χ0v) is 18.4. The molecule has 1 saturated heterocycles. The van der Waals surface area contributed by atoms with Gasteiger partial charge in [0.2, 0.25) is 5.91 Å². The van der Waals surface area contributed by atoms with E-state index in [0.29, 0.717) is 18.9 Å². The summed E-state index contributed by atoms with van der Waals surface area (Å²) in [6.45, 7) is 7.64. The molecule has 0 aromatic carbocycles. The van der Waals surface area contributed by atoms with Crippen molar-refractivity contribution >= 4 is 35.1 Å². The number of nitrogens with zero attached hydrogens (tertiary/aromatic N) is 5. The van der Waals surface area contributed by atoms with Crippen LogP contribution in [0.15, 0.2) is 6.20 Å². The highest BCUT2D eigenvalue weighted by atomic mass is 127. The molecular weight excluding hydrogens is 465 g/mol. The van der Waals surface area contributed by atoms with Crippen molar-refractivity contribution in [1.29, 1.82) is 0 Å². The van der Waals surface area contributed by atoms with Crippen LogP contribution in [0.4, 0.5) is 0 Å². The van der Waals surface area contributed by atoms with Gasteiger partial charge in [-0.3, -0.25) is 4.79 Å². The van der Waals surface area contributed by atoms with E-state index in [1.165, 1.54) is 9.58 Å². The van der Waals surface area contributed by atoms with Gasteiger partial charge < -0.3 is 19.5 Å². The van der Waals surface area contributed by atoms with Gasteiger partial charge in [-0.05, 0) is 12.5 Å². The fourth-order valence-corrected chi connectivity index (χ4v) is 3.33. The molecular formula is C17H28IN5O4. The average molecular weight is 493 g/mol. The third kappa shape index (κ3) is 5.93. The third-order valence-electron chi connectivity index (χ3n) is 4.43. The largest absolute Gasteiger partial charge is 0.391 e. The number of aldehydes is 1. The average Bonchev–Trinajstić information content (AvgIpc) is 3.16. The molecule has 9 nitrogen and oxygen atoms in total. The van der Waals surface area contributed by atoms with Gasteiger partial charge in [-0.2, -0.15) is 0 Å². The molecule has 0 spiro atoms. The summed E-state index contributed by atoms with van der Waals surface area (Å²) in [6.07, 6.45) is 2.02. The Morgan fingerprint density at radius 1 is 1.56 bits per heavy atom. The minimum Gasteiger partial charge on any atom is -0.391 e. The van der Waals surface area contributed by atoms with Crippen LogP contribution in [0.1, 0.15) is 38.9 Å². The summed E-state index contributed by atoms with van der Waals surface area (Å²) in [7, 11) is 1.96. The number of ether oxygens (including phenoxy) is 1. The Morgan fingerprint density at radius 2 is 2.26 bits per heavy atom. The second-order valence-corrected chi connectivity index (χ2v) is 9.57. The number of aliphatic hydroxyl groups excluding tert-OH is 1. The van der Waals surface area contributed by atoms with Gasteiger partial charge in [-0.25, -0.2) is 7.80 Å². The first-order valence-electron chi connectivity index (χ1n) is 8.92. The summed E-state index contributed by atoms with van der Waals surface area (Å²) < 4.78 is 9.12. The van der Waals surface area contributed by atoms with Crippen molar-refractivity contribution in [2.24, 2.45) is 5.41 Å². The number of halogens is 1. The molecule has 10 heteroatoms. The van der Waals surface area contributed by atoms with Crippen LogP contribution in [0.3, 0.4) is 0 Å². The second-order valence-electron chi connectivity index (χ2n) is 7.92. The molecule has 27 heavy (non-hydrogen) atoms. The third-order valence-corrected chi connectivity index (χ3v) is 4.91. The van der Waals surface area contributed by atoms with Crippen LogP contribution in [0, 0.1) is 5.41 Å². The van der Waals surface area contributed by atoms with Gasteiger partial charge in [0.15, 0.2) is 0 Å². The van der Waals surface area contributed by atoms with E-state index in [1.54, 1.807) is 6.20 Å². The minimum atomic E-state index is -0.680. The lowest BCUT2D eigenvalue weighted by atomic mass is 9.85. The van der Waals surface area contributed by atoms with Gasteiger partial charge in [0, 0.05) is 42.4 Å². The molecule has 3 atom stereocenters. The maximum atomic E-state index is 13.2. The number of carbonyl (C=O) groups is 2. The monoisotopic (exact) mass is 493 g/mol. The van der Waals surface area contributed by atoms with E-state index in [0.717, 1.165) is 12.8 Å². The van der Waals surface area contributed by atoms with Crippen LogP contribution in [-0.4, -0.2) is 79.2 Å². The molecule has 152 valence electrons. The Balaban J connectivity index is 2.13. The van der Waals surface area contributed by atoms with Gasteiger partial charge in [0.05, 0.1) is 31.6 Å². The Kier molecular flexibility index (Phi) is 7.72. The van der Waals surface area contributed by atoms with Gasteiger partial charge in [-0.15, -0.1) is 5.10 Å². The first kappa shape index (κ1) is 22.2. The lowest BCUT2D eigenvalue weighted by Gasteiger charge is -2.33. The number of likely N-dealkylation sites (N-methyl/N-ethyl adjacent to an activating group) is 1. The molecule has 1 aliphatic heterocycles. The fraction of sp³-hybridized carbons (Fsp3) is 0.765. The number of β-amino-alcohol motifs (C(OH)–C–C–N with tert-alkyl or cyclic N) is 1. The molecule has 0 saturated carbocycles. The van der Waals surface area contributed by atoms with E-state index in [-0.39, 0.29) is 18.9 Å². The summed E-state index contributed by atoms with van der Waals surface area (Å²) >= 11 is 2.19. The molecule has 0 bridgehead atoms. The standard InChI is InChI=1S/C17H28IN5O4/c1-17(2,3)15(16(26)22-9-14(25)7-13(22)10-24)23-8-12(19-20-23)11-27-6-5-21(4)18/h8,10,13-15,25H,5-7,9,11H2,1-4H3/t13-,14+,15+/m0/s1. The number of hydrogen-bond acceptors (Lipinski definition) is 7. The summed E-state index contributed by atoms with van der Waals surface area (Å²) in [5.41, 5.74) is 0.190. The molecule has 1 fully saturated rings. The molecule has 0 aliphatic carbocycles. The number of rotatable bonds is 8. The second kappa shape index (κ2) is 9.39. The van der Waals surface area contributed by atoms with Gasteiger partial charge in [-0.1, -0.05) is 26.0 Å². The van der Waals surface area contributed by atoms with Crippen LogP contribution in [0.2, 0.25) is 0 Å². The number of aliphatic hydroxyl groups is 1. The molecule has 2 rings (SSSR count). The summed E-state index contributed by atoms with van der Waals surface area (Å²) in [5.74, 6) is -0.236. The maximum absolute atomic E-state index is 13.2. The highest BCUT2D eigenvalue weighted by molar-refractivity contribution is 14.1. The van der Waals surface area contributed by atoms with Crippen LogP contribution in [-0.2, 0) is 20.9 Å². The Labute approximate surface area is 173 Å². The topological polar surface area (TPSA) is 101 Å². The van der Waals surface area contributed by atoms with Crippen molar-refractivity contribution in [1.82, 2.24) is 23.0 Å². The van der Waals surface area contributed by atoms with E-state index in [4.69, 9.17) is 4.74 Å². The number of hydrogen-bond donors (Lipinski definition) is 1. The van der Waals surface area contributed by atoms with E-state index in [9.17, 15) is 14.7 Å². The smallest absolute Gasteiger partial charge is 0.248 e. The lowest BCUT2D eigenvalue weighted by molar-refractivity contribution is -0.141. The predicted octanol–water partition coefficient (Wildman–Crippen LogP) is 0.824. The van der Waals surface area contributed by atoms with Crippen LogP contribution in [0.25, 0.3) is 0 Å². The summed E-state index contributed by atoms with van der Waals surface area (Å²) in [4.78, 5) is 25.9. The van der Waals surface area contributed by atoms with E-state index in [1.807, 2.05) is 30.9 Å². The SMILES string of the molecule is CN(I)CCOCc1cn([C@H](C(=O)N2C[C@H](O)C[C@H]2C=O)C(C)(C)C)nn1. The predicted molar refractivity (Wildman–Crippen MR) is 107 cm³/mol. The van der Waals surface area contributed by atoms with Crippen LogP contribution >= 0.6 is 22.9 Å². The molecule has 0 unspecified atom stereocenters. The lowest BCUT2D eigenvalue weighted by Crippen LogP contribution is -2.45.